The van der Waals surface area contributed by atoms with E-state index >= 15 is 0 Å². The van der Waals surface area contributed by atoms with Crippen LogP contribution in [0.1, 0.15) is 24.0 Å². The highest BCUT2D eigenvalue weighted by molar-refractivity contribution is 5.65. The van der Waals surface area contributed by atoms with Crippen molar-refractivity contribution in [3.63, 3.8) is 0 Å². The molecule has 33 heavy (non-hydrogen) atoms. The molecule has 2 aromatic carbocycles. The Morgan fingerprint density at radius 2 is 1.91 bits per heavy atom. The SMILES string of the molecule is C#CCOC[C@H](O)CN(Cc1c(-c2ccccc2)nn(C)c1Oc1ccc(C)cc1)C1CC1. The standard InChI is InChI=1S/C27H31N3O3/c1-4-16-32-19-23(31)17-30(22-12-13-22)18-25-26(21-8-6-5-7-9-21)28-29(3)27(25)33-24-14-10-20(2)11-15-24/h1,5-11,14-15,22-23,31H,12-13,16-19H2,2-3H3/t23-/m1/s1. The lowest BCUT2D eigenvalue weighted by Gasteiger charge is -2.25. The second-order valence-corrected chi connectivity index (χ2v) is 8.57. The summed E-state index contributed by atoms with van der Waals surface area (Å²) in [5.74, 6) is 3.92. The van der Waals surface area contributed by atoms with Crippen LogP contribution in [0.15, 0.2) is 54.6 Å². The molecule has 172 valence electrons. The third kappa shape index (κ3) is 6.02. The monoisotopic (exact) mass is 445 g/mol. The minimum Gasteiger partial charge on any atom is -0.439 e. The number of nitrogens with zero attached hydrogens (tertiary/aromatic N) is 3. The highest BCUT2D eigenvalue weighted by Crippen LogP contribution is 2.37. The number of terminal acetylenes is 1. The van der Waals surface area contributed by atoms with E-state index in [0.29, 0.717) is 25.0 Å². The molecule has 0 spiro atoms. The molecule has 3 aromatic rings. The van der Waals surface area contributed by atoms with E-state index in [1.807, 2.05) is 49.5 Å². The van der Waals surface area contributed by atoms with Gasteiger partial charge in [-0.15, -0.1) is 6.42 Å². The van der Waals surface area contributed by atoms with Crippen molar-refractivity contribution in [3.8, 4) is 35.2 Å². The largest absolute Gasteiger partial charge is 0.439 e. The van der Waals surface area contributed by atoms with Crippen molar-refractivity contribution in [2.45, 2.75) is 38.5 Å². The van der Waals surface area contributed by atoms with E-state index in [4.69, 9.17) is 21.0 Å². The number of hydrogen-bond donors (Lipinski definition) is 1. The van der Waals surface area contributed by atoms with Crippen LogP contribution in [0, 0.1) is 19.3 Å². The van der Waals surface area contributed by atoms with E-state index in [0.717, 1.165) is 35.4 Å². The van der Waals surface area contributed by atoms with Gasteiger partial charge in [0.05, 0.1) is 18.3 Å². The molecule has 1 fully saturated rings. The lowest BCUT2D eigenvalue weighted by molar-refractivity contribution is 0.0241. The van der Waals surface area contributed by atoms with Gasteiger partial charge in [0.15, 0.2) is 0 Å². The molecule has 1 aliphatic carbocycles. The van der Waals surface area contributed by atoms with Gasteiger partial charge in [-0.3, -0.25) is 4.90 Å². The first-order chi connectivity index (χ1) is 16.0. The number of hydrogen-bond acceptors (Lipinski definition) is 5. The molecule has 1 N–H and O–H groups in total. The maximum Gasteiger partial charge on any atom is 0.222 e. The van der Waals surface area contributed by atoms with E-state index in [1.54, 1.807) is 4.68 Å². The van der Waals surface area contributed by atoms with E-state index < -0.39 is 6.10 Å². The molecule has 6 heteroatoms. The fourth-order valence-electron chi connectivity index (χ4n) is 3.93. The van der Waals surface area contributed by atoms with Gasteiger partial charge in [-0.05, 0) is 31.9 Å². The van der Waals surface area contributed by atoms with E-state index in [9.17, 15) is 5.11 Å². The summed E-state index contributed by atoms with van der Waals surface area (Å²) in [6.07, 6.45) is 6.87. The lowest BCUT2D eigenvalue weighted by atomic mass is 10.1. The van der Waals surface area contributed by atoms with Crippen LogP contribution < -0.4 is 4.74 Å². The summed E-state index contributed by atoms with van der Waals surface area (Å²) < 4.78 is 13.5. The molecular weight excluding hydrogens is 414 g/mol. The highest BCUT2D eigenvalue weighted by Gasteiger charge is 2.33. The van der Waals surface area contributed by atoms with Crippen molar-refractivity contribution in [2.24, 2.45) is 7.05 Å². The number of aromatic nitrogens is 2. The van der Waals surface area contributed by atoms with Crippen LogP contribution in [0.2, 0.25) is 0 Å². The van der Waals surface area contributed by atoms with Gasteiger partial charge < -0.3 is 14.6 Å². The van der Waals surface area contributed by atoms with Crippen molar-refractivity contribution in [3.05, 3.63) is 65.7 Å². The molecule has 1 saturated carbocycles. The van der Waals surface area contributed by atoms with Gasteiger partial charge in [0.25, 0.3) is 0 Å². The molecular formula is C27H31N3O3. The molecule has 0 aliphatic heterocycles. The maximum absolute atomic E-state index is 10.5. The molecule has 1 heterocycles. The van der Waals surface area contributed by atoms with Gasteiger partial charge in [-0.2, -0.15) is 5.10 Å². The number of aliphatic hydroxyl groups is 1. The van der Waals surface area contributed by atoms with Gasteiger partial charge in [0, 0.05) is 31.7 Å². The van der Waals surface area contributed by atoms with Crippen molar-refractivity contribution in [2.75, 3.05) is 19.8 Å². The summed E-state index contributed by atoms with van der Waals surface area (Å²) in [7, 11) is 1.91. The Morgan fingerprint density at radius 3 is 2.58 bits per heavy atom. The molecule has 0 unspecified atom stereocenters. The summed E-state index contributed by atoms with van der Waals surface area (Å²) in [6.45, 7) is 3.60. The second kappa shape index (κ2) is 10.7. The molecule has 1 aliphatic rings. The van der Waals surface area contributed by atoms with Crippen molar-refractivity contribution in [1.29, 1.82) is 0 Å². The minimum atomic E-state index is -0.614. The summed E-state index contributed by atoms with van der Waals surface area (Å²) in [4.78, 5) is 2.30. The summed E-state index contributed by atoms with van der Waals surface area (Å²) in [5.41, 5.74) is 4.12. The summed E-state index contributed by atoms with van der Waals surface area (Å²) in [6, 6.07) is 18.6. The molecule has 1 atom stereocenters. The van der Waals surface area contributed by atoms with Crippen LogP contribution in [-0.4, -0.2) is 51.7 Å². The van der Waals surface area contributed by atoms with Crippen molar-refractivity contribution in [1.82, 2.24) is 14.7 Å². The fraction of sp³-hybridized carbons (Fsp3) is 0.370. The number of ether oxygens (including phenoxy) is 2. The number of aryl methyl sites for hydroxylation is 2. The normalized spacial score (nSPS) is 14.3. The predicted molar refractivity (Wildman–Crippen MR) is 129 cm³/mol. The molecule has 1 aromatic heterocycles. The molecule has 0 saturated heterocycles. The first kappa shape index (κ1) is 23.1. The topological polar surface area (TPSA) is 59.8 Å². The number of benzene rings is 2. The minimum absolute atomic E-state index is 0.204. The third-order valence-electron chi connectivity index (χ3n) is 5.74. The second-order valence-electron chi connectivity index (χ2n) is 8.57. The van der Waals surface area contributed by atoms with E-state index in [-0.39, 0.29) is 13.2 Å². The average Bonchev–Trinajstić information content (AvgIpc) is 3.62. The van der Waals surface area contributed by atoms with Gasteiger partial charge in [-0.1, -0.05) is 53.9 Å². The van der Waals surface area contributed by atoms with Crippen LogP contribution in [0.3, 0.4) is 0 Å². The molecule has 0 radical (unpaired) electrons. The van der Waals surface area contributed by atoms with Gasteiger partial charge in [-0.25, -0.2) is 4.68 Å². The van der Waals surface area contributed by atoms with Crippen LogP contribution in [0.25, 0.3) is 11.3 Å². The zero-order chi connectivity index (χ0) is 23.2. The van der Waals surface area contributed by atoms with Gasteiger partial charge >= 0.3 is 0 Å². The predicted octanol–water partition coefficient (Wildman–Crippen LogP) is 4.16. The van der Waals surface area contributed by atoms with Crippen LogP contribution in [0.5, 0.6) is 11.6 Å². The lowest BCUT2D eigenvalue weighted by Crippen LogP contribution is -2.36. The van der Waals surface area contributed by atoms with Crippen LogP contribution >= 0.6 is 0 Å². The zero-order valence-corrected chi connectivity index (χ0v) is 19.3. The van der Waals surface area contributed by atoms with Gasteiger partial charge in [0.1, 0.15) is 18.1 Å². The van der Waals surface area contributed by atoms with Crippen LogP contribution in [0.4, 0.5) is 0 Å². The Morgan fingerprint density at radius 1 is 1.18 bits per heavy atom. The first-order valence-electron chi connectivity index (χ1n) is 11.3. The molecule has 0 bridgehead atoms. The van der Waals surface area contributed by atoms with Crippen molar-refractivity contribution < 1.29 is 14.6 Å². The molecule has 0 amide bonds. The Kier molecular flexibility index (Phi) is 7.46. The third-order valence-corrected chi connectivity index (χ3v) is 5.74. The summed E-state index contributed by atoms with van der Waals surface area (Å²) >= 11 is 0. The van der Waals surface area contributed by atoms with E-state index in [2.05, 4.69) is 29.9 Å². The smallest absolute Gasteiger partial charge is 0.222 e. The Bertz CT molecular complexity index is 1080. The zero-order valence-electron chi connectivity index (χ0n) is 19.3. The van der Waals surface area contributed by atoms with E-state index in [1.165, 1.54) is 5.56 Å². The Balaban J connectivity index is 1.63. The number of rotatable bonds is 11. The Hall–Kier alpha value is -3.11. The van der Waals surface area contributed by atoms with Crippen LogP contribution in [-0.2, 0) is 18.3 Å². The average molecular weight is 446 g/mol. The van der Waals surface area contributed by atoms with Gasteiger partial charge in [0.2, 0.25) is 5.88 Å². The maximum atomic E-state index is 10.5. The number of aliphatic hydroxyl groups excluding tert-OH is 1. The molecule has 6 nitrogen and oxygen atoms in total. The highest BCUT2D eigenvalue weighted by atomic mass is 16.5. The van der Waals surface area contributed by atoms with Crippen molar-refractivity contribution >= 4 is 0 Å². The fourth-order valence-corrected chi connectivity index (χ4v) is 3.93. The quantitative estimate of drug-likeness (QED) is 0.355. The summed E-state index contributed by atoms with van der Waals surface area (Å²) in [5, 5.41) is 15.4. The Labute approximate surface area is 195 Å². The molecule has 4 rings (SSSR count). The first-order valence-corrected chi connectivity index (χ1v) is 11.3.